The highest BCUT2D eigenvalue weighted by Crippen LogP contribution is 2.28. The molecular weight excluding hydrogens is 435 g/mol. The monoisotopic (exact) mass is 462 g/mol. The van der Waals surface area contributed by atoms with Crippen molar-refractivity contribution in [1.29, 1.82) is 0 Å². The lowest BCUT2D eigenvalue weighted by molar-refractivity contribution is -0.139. The highest BCUT2D eigenvalue weighted by atomic mass is 35.5. The maximum Gasteiger partial charge on any atom is 0.260 e. The van der Waals surface area contributed by atoms with Gasteiger partial charge in [0.1, 0.15) is 11.6 Å². The van der Waals surface area contributed by atoms with Crippen LogP contribution in [0.5, 0.6) is 5.75 Å². The minimum Gasteiger partial charge on any atom is -0.482 e. The molecule has 0 saturated carbocycles. The summed E-state index contributed by atoms with van der Waals surface area (Å²) in [6.45, 7) is 5.67. The average Bonchev–Trinajstić information content (AvgIpc) is 2.76. The van der Waals surface area contributed by atoms with Crippen LogP contribution in [0.4, 0.5) is 10.1 Å². The Bertz CT molecular complexity index is 957. The second-order valence-electron chi connectivity index (χ2n) is 7.98. The zero-order valence-corrected chi connectivity index (χ0v) is 18.9. The molecule has 9 heteroatoms. The van der Waals surface area contributed by atoms with Crippen LogP contribution < -0.4 is 15.8 Å². The first-order chi connectivity index (χ1) is 15.3. The number of ether oxygens (including phenoxy) is 1. The van der Waals surface area contributed by atoms with Crippen molar-refractivity contribution in [2.24, 2.45) is 5.73 Å². The molecule has 2 aromatic carbocycles. The molecule has 0 spiro atoms. The van der Waals surface area contributed by atoms with E-state index in [1.165, 1.54) is 12.1 Å². The number of piperazine rings is 1. The number of halogens is 2. The molecule has 2 unspecified atom stereocenters. The van der Waals surface area contributed by atoms with Crippen LogP contribution in [0.15, 0.2) is 42.5 Å². The van der Waals surface area contributed by atoms with Crippen molar-refractivity contribution in [1.82, 2.24) is 9.80 Å². The van der Waals surface area contributed by atoms with Crippen molar-refractivity contribution in [3.8, 4) is 5.75 Å². The quantitative estimate of drug-likeness (QED) is 0.660. The second-order valence-corrected chi connectivity index (χ2v) is 8.42. The number of hydrogen-bond acceptors (Lipinski definition) is 5. The van der Waals surface area contributed by atoms with Crippen LogP contribution in [0.1, 0.15) is 19.4 Å². The predicted octanol–water partition coefficient (Wildman–Crippen LogP) is 2.88. The van der Waals surface area contributed by atoms with Gasteiger partial charge < -0.3 is 20.7 Å². The number of carbonyl (C=O) groups is 2. The van der Waals surface area contributed by atoms with Crippen LogP contribution in [0.2, 0.25) is 5.02 Å². The Morgan fingerprint density at radius 2 is 1.88 bits per heavy atom. The fourth-order valence-corrected chi connectivity index (χ4v) is 3.91. The fraction of sp³-hybridized carbons (Fsp3) is 0.391. The zero-order chi connectivity index (χ0) is 23.3. The van der Waals surface area contributed by atoms with Gasteiger partial charge in [-0.1, -0.05) is 23.7 Å². The third-order valence-electron chi connectivity index (χ3n) is 5.49. The molecule has 1 aliphatic rings. The van der Waals surface area contributed by atoms with Crippen LogP contribution >= 0.6 is 11.6 Å². The number of nitrogens with zero attached hydrogens (tertiary/aromatic N) is 2. The Kier molecular flexibility index (Phi) is 8.06. The van der Waals surface area contributed by atoms with Gasteiger partial charge in [0.2, 0.25) is 5.91 Å². The Labute approximate surface area is 192 Å². The van der Waals surface area contributed by atoms with Gasteiger partial charge in [-0.15, -0.1) is 0 Å². The van der Waals surface area contributed by atoms with Crippen LogP contribution in [0.25, 0.3) is 0 Å². The maximum atomic E-state index is 13.2. The summed E-state index contributed by atoms with van der Waals surface area (Å²) in [5.74, 6) is -0.433. The molecule has 172 valence electrons. The van der Waals surface area contributed by atoms with Gasteiger partial charge in [0, 0.05) is 36.7 Å². The third-order valence-corrected chi connectivity index (χ3v) is 5.72. The van der Waals surface area contributed by atoms with E-state index >= 15 is 0 Å². The summed E-state index contributed by atoms with van der Waals surface area (Å²) in [7, 11) is 0. The number of hydrogen-bond donors (Lipinski definition) is 2. The van der Waals surface area contributed by atoms with Gasteiger partial charge in [-0.05, 0) is 49.7 Å². The van der Waals surface area contributed by atoms with E-state index in [4.69, 9.17) is 22.1 Å². The summed E-state index contributed by atoms with van der Waals surface area (Å²) in [6, 6.07) is 11.4. The normalized spacial score (nSPS) is 19.0. The summed E-state index contributed by atoms with van der Waals surface area (Å²) in [5, 5.41) is 3.05. The van der Waals surface area contributed by atoms with Crippen LogP contribution in [0.3, 0.4) is 0 Å². The highest BCUT2D eigenvalue weighted by molar-refractivity contribution is 6.31. The Morgan fingerprint density at radius 3 is 2.56 bits per heavy atom. The standard InChI is InChI=1S/C23H28ClFN4O3/c1-15-12-29(16(2)11-28(15)13-17-3-6-19(25)7-4-17)23(31)14-32-21-8-5-18(24)9-20(21)27-22(30)10-26/h3-9,15-16H,10-14,26H2,1-2H3,(H,27,30). The van der Waals surface area contributed by atoms with Crippen LogP contribution in [-0.4, -0.2) is 59.9 Å². The predicted molar refractivity (Wildman–Crippen MR) is 122 cm³/mol. The van der Waals surface area contributed by atoms with Crippen molar-refractivity contribution < 1.29 is 18.7 Å². The van der Waals surface area contributed by atoms with Crippen molar-refractivity contribution in [3.05, 3.63) is 58.9 Å². The second kappa shape index (κ2) is 10.8. The Hall–Kier alpha value is -2.68. The molecule has 7 nitrogen and oxygen atoms in total. The van der Waals surface area contributed by atoms with E-state index in [2.05, 4.69) is 17.1 Å². The molecule has 2 aromatic rings. The van der Waals surface area contributed by atoms with E-state index < -0.39 is 0 Å². The molecule has 1 saturated heterocycles. The van der Waals surface area contributed by atoms with Crippen LogP contribution in [-0.2, 0) is 16.1 Å². The molecule has 1 heterocycles. The number of benzene rings is 2. The summed E-state index contributed by atoms with van der Waals surface area (Å²) in [5.41, 5.74) is 6.75. The van der Waals surface area contributed by atoms with Crippen molar-refractivity contribution >= 4 is 29.1 Å². The number of nitrogens with two attached hydrogens (primary N) is 1. The van der Waals surface area contributed by atoms with Gasteiger partial charge in [0.05, 0.1) is 12.2 Å². The van der Waals surface area contributed by atoms with E-state index in [9.17, 15) is 14.0 Å². The van der Waals surface area contributed by atoms with Gasteiger partial charge >= 0.3 is 0 Å². The number of nitrogens with one attached hydrogen (secondary N) is 1. The number of amides is 2. The maximum absolute atomic E-state index is 13.2. The molecule has 32 heavy (non-hydrogen) atoms. The van der Waals surface area contributed by atoms with Gasteiger partial charge in [-0.25, -0.2) is 4.39 Å². The molecule has 1 fully saturated rings. The SMILES string of the molecule is CC1CN(C(=O)COc2ccc(Cl)cc2NC(=O)CN)C(C)CN1Cc1ccc(F)cc1. The Balaban J connectivity index is 1.59. The first-order valence-corrected chi connectivity index (χ1v) is 10.8. The van der Waals surface area contributed by atoms with E-state index in [-0.39, 0.29) is 42.9 Å². The fourth-order valence-electron chi connectivity index (χ4n) is 3.74. The summed E-state index contributed by atoms with van der Waals surface area (Å²) >= 11 is 6.01. The molecular formula is C23H28ClFN4O3. The number of anilines is 1. The van der Waals surface area contributed by atoms with Crippen molar-refractivity contribution in [3.63, 3.8) is 0 Å². The molecule has 3 rings (SSSR count). The zero-order valence-electron chi connectivity index (χ0n) is 18.2. The number of rotatable bonds is 7. The van der Waals surface area contributed by atoms with Gasteiger partial charge in [0.15, 0.2) is 6.61 Å². The average molecular weight is 463 g/mol. The molecule has 2 atom stereocenters. The molecule has 0 aliphatic carbocycles. The van der Waals surface area contributed by atoms with Gasteiger partial charge in [0.25, 0.3) is 5.91 Å². The third kappa shape index (κ3) is 6.18. The van der Waals surface area contributed by atoms with E-state index in [1.807, 2.05) is 6.92 Å². The van der Waals surface area contributed by atoms with E-state index in [0.29, 0.717) is 36.1 Å². The van der Waals surface area contributed by atoms with Crippen LogP contribution in [0, 0.1) is 5.82 Å². The lowest BCUT2D eigenvalue weighted by atomic mass is 10.1. The highest BCUT2D eigenvalue weighted by Gasteiger charge is 2.32. The molecule has 0 bridgehead atoms. The molecule has 1 aliphatic heterocycles. The van der Waals surface area contributed by atoms with Crippen molar-refractivity contribution in [2.45, 2.75) is 32.5 Å². The smallest absolute Gasteiger partial charge is 0.260 e. The van der Waals surface area contributed by atoms with Gasteiger partial charge in [-0.3, -0.25) is 14.5 Å². The minimum atomic E-state index is -0.386. The molecule has 2 amide bonds. The largest absolute Gasteiger partial charge is 0.482 e. The first kappa shape index (κ1) is 24.0. The van der Waals surface area contributed by atoms with Gasteiger partial charge in [-0.2, -0.15) is 0 Å². The molecule has 0 aromatic heterocycles. The minimum absolute atomic E-state index is 0.00983. The lowest BCUT2D eigenvalue weighted by Crippen LogP contribution is -2.58. The van der Waals surface area contributed by atoms with E-state index in [0.717, 1.165) is 5.56 Å². The summed E-state index contributed by atoms with van der Waals surface area (Å²) in [6.07, 6.45) is 0. The molecule has 3 N–H and O–H groups in total. The Morgan fingerprint density at radius 1 is 1.16 bits per heavy atom. The van der Waals surface area contributed by atoms with E-state index in [1.54, 1.807) is 35.2 Å². The lowest BCUT2D eigenvalue weighted by Gasteiger charge is -2.44. The molecule has 0 radical (unpaired) electrons. The topological polar surface area (TPSA) is 87.9 Å². The first-order valence-electron chi connectivity index (χ1n) is 10.5. The number of carbonyl (C=O) groups excluding carboxylic acids is 2. The summed E-state index contributed by atoms with van der Waals surface area (Å²) in [4.78, 5) is 28.6. The van der Waals surface area contributed by atoms with Crippen molar-refractivity contribution in [2.75, 3.05) is 31.6 Å². The summed E-state index contributed by atoms with van der Waals surface area (Å²) < 4.78 is 18.9.